The van der Waals surface area contributed by atoms with Crippen molar-refractivity contribution in [3.05, 3.63) is 30.3 Å². The minimum absolute atomic E-state index is 0.468. The second-order valence-corrected chi connectivity index (χ2v) is 5.63. The van der Waals surface area contributed by atoms with E-state index in [-0.39, 0.29) is 0 Å². The van der Waals surface area contributed by atoms with Crippen LogP contribution in [0.2, 0.25) is 0 Å². The van der Waals surface area contributed by atoms with Gasteiger partial charge in [0.2, 0.25) is 0 Å². The van der Waals surface area contributed by atoms with Crippen LogP contribution in [0, 0.1) is 5.41 Å². The normalized spacial score (nSPS) is 11.1. The summed E-state index contributed by atoms with van der Waals surface area (Å²) in [6.07, 6.45) is 2.03. The zero-order valence-electron chi connectivity index (χ0n) is 13.6. The van der Waals surface area contributed by atoms with Crippen LogP contribution in [-0.2, 0) is 4.79 Å². The van der Waals surface area contributed by atoms with Gasteiger partial charge in [0.05, 0.1) is 0 Å². The maximum Gasteiger partial charge on any atom is 0.320 e. The van der Waals surface area contributed by atoms with Gasteiger partial charge < -0.3 is 15.1 Å². The van der Waals surface area contributed by atoms with Crippen molar-refractivity contribution in [3.8, 4) is 0 Å². The predicted octanol–water partition coefficient (Wildman–Crippen LogP) is 3.60. The first kappa shape index (κ1) is 20.5. The van der Waals surface area contributed by atoms with Gasteiger partial charge in [-0.25, -0.2) is 0 Å². The number of benzene rings is 1. The Bertz CT molecular complexity index is 440. The maximum absolute atomic E-state index is 10.6. The van der Waals surface area contributed by atoms with Crippen LogP contribution in [0.1, 0.15) is 40.0 Å². The summed E-state index contributed by atoms with van der Waals surface area (Å²) in [7, 11) is 0. The number of unbranched alkanes of at least 4 members (excludes halogenated alkanes) is 1. The molecular weight excluding hydrogens is 298 g/mol. The molecule has 0 saturated heterocycles. The Hall–Kier alpha value is -1.53. The third kappa shape index (κ3) is 8.69. The number of carboxylic acid groups (broad SMARTS) is 1. The van der Waals surface area contributed by atoms with Gasteiger partial charge in [0, 0.05) is 11.4 Å². The first-order valence-corrected chi connectivity index (χ1v) is 8.32. The first-order valence-electron chi connectivity index (χ1n) is 7.55. The highest BCUT2D eigenvalue weighted by Gasteiger charge is 2.12. The molecule has 0 aliphatic rings. The first-order chi connectivity index (χ1) is 10.5. The molecule has 0 unspecified atom stereocenters. The third-order valence-corrected chi connectivity index (χ3v) is 3.94. The van der Waals surface area contributed by atoms with Gasteiger partial charge in [-0.3, -0.25) is 10.2 Å². The molecule has 0 fully saturated rings. The molecule has 5 nitrogen and oxygen atoms in total. The number of rotatable bonds is 8. The molecule has 6 heteroatoms. The second-order valence-electron chi connectivity index (χ2n) is 4.53. The molecule has 0 aliphatic carbocycles. The van der Waals surface area contributed by atoms with Crippen LogP contribution in [0.4, 0.5) is 0 Å². The molecule has 0 saturated carbocycles. The lowest BCUT2D eigenvalue weighted by Gasteiger charge is -2.21. The highest BCUT2D eigenvalue weighted by atomic mass is 32.2. The minimum atomic E-state index is -0.955. The van der Waals surface area contributed by atoms with E-state index in [1.165, 1.54) is 11.9 Å². The zero-order chi connectivity index (χ0) is 17.0. The molecule has 0 amide bonds. The molecule has 4 N–H and O–H groups in total. The Kier molecular flexibility index (Phi) is 11.2. The molecule has 0 bridgehead atoms. The van der Waals surface area contributed by atoms with Gasteiger partial charge in [-0.2, -0.15) is 0 Å². The largest absolute Gasteiger partial charge is 0.480 e. The average Bonchev–Trinajstić information content (AvgIpc) is 2.52. The molecule has 124 valence electrons. The van der Waals surface area contributed by atoms with Crippen LogP contribution in [-0.4, -0.2) is 33.8 Å². The molecule has 1 atom stereocenters. The molecule has 1 rings (SSSR count). The number of hydrogen-bond donors (Lipinski definition) is 3. The molecule has 0 aliphatic heterocycles. The molecule has 0 aromatic heterocycles. The molecule has 0 heterocycles. The quantitative estimate of drug-likeness (QED) is 0.294. The lowest BCUT2D eigenvalue weighted by molar-refractivity contribution is -0.138. The maximum atomic E-state index is 10.6. The van der Waals surface area contributed by atoms with Gasteiger partial charge >= 0.3 is 5.97 Å². The molecule has 22 heavy (non-hydrogen) atoms. The molecule has 1 aromatic rings. The molecule has 0 radical (unpaired) electrons. The number of nitrogens with one attached hydrogen (secondary N) is 1. The highest BCUT2D eigenvalue weighted by molar-refractivity contribution is 7.97. The smallest absolute Gasteiger partial charge is 0.320 e. The van der Waals surface area contributed by atoms with Crippen LogP contribution in [0.25, 0.3) is 0 Å². The van der Waals surface area contributed by atoms with Crippen LogP contribution < -0.4 is 5.73 Å². The van der Waals surface area contributed by atoms with Gasteiger partial charge in [-0.1, -0.05) is 32.0 Å². The van der Waals surface area contributed by atoms with Crippen molar-refractivity contribution in [2.75, 3.05) is 6.54 Å². The lowest BCUT2D eigenvalue weighted by Crippen LogP contribution is -2.30. The summed E-state index contributed by atoms with van der Waals surface area (Å²) in [6.45, 7) is 6.46. The van der Waals surface area contributed by atoms with E-state index in [1.54, 1.807) is 6.92 Å². The number of carboxylic acids is 1. The highest BCUT2D eigenvalue weighted by Crippen LogP contribution is 2.23. The van der Waals surface area contributed by atoms with E-state index in [9.17, 15) is 4.79 Å². The lowest BCUT2D eigenvalue weighted by atomic mass is 10.1. The topological polar surface area (TPSA) is 90.4 Å². The van der Waals surface area contributed by atoms with Crippen molar-refractivity contribution in [2.24, 2.45) is 5.73 Å². The van der Waals surface area contributed by atoms with Crippen LogP contribution >= 0.6 is 11.9 Å². The fourth-order valence-corrected chi connectivity index (χ4v) is 2.52. The molecule has 1 aromatic carbocycles. The Balaban J connectivity index is 0.00000211. The summed E-state index contributed by atoms with van der Waals surface area (Å²) in [5.41, 5.74) is 5.46. The van der Waals surface area contributed by atoms with E-state index in [0.717, 1.165) is 17.7 Å². The van der Waals surface area contributed by atoms with Gasteiger partial charge in [0.25, 0.3) is 0 Å². The molecular formula is C16H27N3O2S. The fraction of sp³-hybridized carbons (Fsp3) is 0.500. The minimum Gasteiger partial charge on any atom is -0.480 e. The SMILES string of the molecule is CC.CC(=N)N(CCCC[C@H](N)C(=O)O)Sc1ccccc1. The van der Waals surface area contributed by atoms with E-state index in [4.69, 9.17) is 16.2 Å². The molecule has 0 spiro atoms. The zero-order valence-corrected chi connectivity index (χ0v) is 14.4. The van der Waals surface area contributed by atoms with E-state index in [1.807, 2.05) is 48.5 Å². The van der Waals surface area contributed by atoms with Gasteiger partial charge in [0.15, 0.2) is 0 Å². The summed E-state index contributed by atoms with van der Waals surface area (Å²) >= 11 is 1.52. The number of aliphatic carboxylic acids is 1. The van der Waals surface area contributed by atoms with Crippen molar-refractivity contribution < 1.29 is 9.90 Å². The Morgan fingerprint density at radius 1 is 1.32 bits per heavy atom. The number of hydrogen-bond acceptors (Lipinski definition) is 4. The van der Waals surface area contributed by atoms with Crippen molar-refractivity contribution in [1.82, 2.24) is 4.31 Å². The second kappa shape index (κ2) is 12.1. The van der Waals surface area contributed by atoms with E-state index in [2.05, 4.69) is 0 Å². The number of nitrogens with zero attached hydrogens (tertiary/aromatic N) is 1. The van der Waals surface area contributed by atoms with Gasteiger partial charge in [0.1, 0.15) is 11.9 Å². The number of carbonyl (C=O) groups is 1. The van der Waals surface area contributed by atoms with Crippen LogP contribution in [0.15, 0.2) is 35.2 Å². The van der Waals surface area contributed by atoms with Crippen LogP contribution in [0.3, 0.4) is 0 Å². The van der Waals surface area contributed by atoms with Crippen molar-refractivity contribution in [2.45, 2.75) is 51.0 Å². The third-order valence-electron chi connectivity index (χ3n) is 2.78. The number of nitrogens with two attached hydrogens (primary N) is 1. The predicted molar refractivity (Wildman–Crippen MR) is 93.2 cm³/mol. The van der Waals surface area contributed by atoms with Gasteiger partial charge in [-0.05, 0) is 50.3 Å². The van der Waals surface area contributed by atoms with E-state index < -0.39 is 12.0 Å². The summed E-state index contributed by atoms with van der Waals surface area (Å²) in [5.74, 6) is -0.467. The Morgan fingerprint density at radius 3 is 2.41 bits per heavy atom. The van der Waals surface area contributed by atoms with Crippen molar-refractivity contribution in [1.29, 1.82) is 5.41 Å². The standard InChI is InChI=1S/C14H21N3O2S.C2H6/c1-11(15)17(20-12-7-3-2-4-8-12)10-6-5-9-13(16)14(18)19;1-2/h2-4,7-8,13,15H,5-6,9-10,16H2,1H3,(H,18,19);1-2H3/t13-;/m0./s1. The average molecular weight is 325 g/mol. The Morgan fingerprint density at radius 2 is 1.91 bits per heavy atom. The van der Waals surface area contributed by atoms with E-state index >= 15 is 0 Å². The number of amidine groups is 1. The van der Waals surface area contributed by atoms with Crippen molar-refractivity contribution >= 4 is 23.8 Å². The summed E-state index contributed by atoms with van der Waals surface area (Å²) in [5, 5.41) is 16.5. The monoisotopic (exact) mass is 325 g/mol. The summed E-state index contributed by atoms with van der Waals surface area (Å²) in [6, 6.07) is 9.10. The summed E-state index contributed by atoms with van der Waals surface area (Å²) in [4.78, 5) is 11.7. The van der Waals surface area contributed by atoms with Crippen LogP contribution in [0.5, 0.6) is 0 Å². The summed E-state index contributed by atoms with van der Waals surface area (Å²) < 4.78 is 1.90. The van der Waals surface area contributed by atoms with Crippen molar-refractivity contribution in [3.63, 3.8) is 0 Å². The fourth-order valence-electron chi connectivity index (χ4n) is 1.63. The Labute approximate surface area is 137 Å². The van der Waals surface area contributed by atoms with Gasteiger partial charge in [-0.15, -0.1) is 0 Å². The van der Waals surface area contributed by atoms with E-state index in [0.29, 0.717) is 18.8 Å².